The van der Waals surface area contributed by atoms with E-state index in [1.54, 1.807) is 42.3 Å². The van der Waals surface area contributed by atoms with E-state index in [0.717, 1.165) is 22.7 Å². The van der Waals surface area contributed by atoms with Crippen LogP contribution in [-0.4, -0.2) is 45.1 Å². The maximum absolute atomic E-state index is 12.5. The van der Waals surface area contributed by atoms with Crippen molar-refractivity contribution in [2.24, 2.45) is 0 Å². The monoisotopic (exact) mass is 434 g/mol. The number of benzene rings is 2. The van der Waals surface area contributed by atoms with Gasteiger partial charge in [-0.2, -0.15) is 5.10 Å². The Kier molecular flexibility index (Phi) is 5.70. The Morgan fingerprint density at radius 1 is 1.10 bits per heavy atom. The average Bonchev–Trinajstić information content (AvgIpc) is 3.24. The van der Waals surface area contributed by atoms with Gasteiger partial charge in [0.25, 0.3) is 5.91 Å². The molecule has 0 aliphatic heterocycles. The Morgan fingerprint density at radius 2 is 1.81 bits per heavy atom. The summed E-state index contributed by atoms with van der Waals surface area (Å²) in [7, 11) is 2.88. The molecule has 1 N–H and O–H groups in total. The van der Waals surface area contributed by atoms with Gasteiger partial charge in [0.1, 0.15) is 17.1 Å². The van der Waals surface area contributed by atoms with E-state index in [4.69, 9.17) is 21.4 Å². The van der Waals surface area contributed by atoms with Gasteiger partial charge in [0.2, 0.25) is 0 Å². The highest BCUT2D eigenvalue weighted by Gasteiger charge is 2.21. The number of amides is 1. The maximum atomic E-state index is 12.5. The summed E-state index contributed by atoms with van der Waals surface area (Å²) in [6, 6.07) is 20.0. The maximum Gasteiger partial charge on any atom is 0.279 e. The molecule has 7 nitrogen and oxygen atoms in total. The third-order valence-corrected chi connectivity index (χ3v) is 4.99. The predicted molar refractivity (Wildman–Crippen MR) is 118 cm³/mol. The van der Waals surface area contributed by atoms with Gasteiger partial charge in [0.05, 0.1) is 24.1 Å². The van der Waals surface area contributed by atoms with Crippen LogP contribution in [0, 0.1) is 0 Å². The van der Waals surface area contributed by atoms with Crippen molar-refractivity contribution in [2.45, 2.75) is 0 Å². The highest BCUT2D eigenvalue weighted by atomic mass is 35.5. The quantitative estimate of drug-likeness (QED) is 0.363. The normalized spacial score (nSPS) is 10.7. The summed E-state index contributed by atoms with van der Waals surface area (Å²) in [6.07, 6.45) is 1.58. The number of hydrogen-bond donors (Lipinski definition) is 1. The molecular formula is C23H19ClN4O3. The second-order valence-electron chi connectivity index (χ2n) is 6.76. The van der Waals surface area contributed by atoms with Crippen LogP contribution < -0.4 is 4.74 Å². The van der Waals surface area contributed by atoms with Crippen molar-refractivity contribution in [3.63, 3.8) is 0 Å². The first-order chi connectivity index (χ1) is 15.0. The fraction of sp³-hybridized carbons (Fsp3) is 0.0870. The lowest BCUT2D eigenvalue weighted by Crippen LogP contribution is -2.23. The van der Waals surface area contributed by atoms with E-state index in [-0.39, 0.29) is 5.56 Å². The molecule has 0 spiro atoms. The van der Waals surface area contributed by atoms with Gasteiger partial charge in [0, 0.05) is 23.8 Å². The molecule has 0 unspecified atom stereocenters. The van der Waals surface area contributed by atoms with E-state index in [2.05, 4.69) is 4.98 Å². The van der Waals surface area contributed by atoms with Crippen molar-refractivity contribution < 1.29 is 14.7 Å². The molecule has 0 atom stereocenters. The minimum Gasteiger partial charge on any atom is -0.497 e. The number of halogens is 1. The van der Waals surface area contributed by atoms with Gasteiger partial charge < -0.3 is 4.74 Å². The third kappa shape index (κ3) is 4.14. The van der Waals surface area contributed by atoms with Crippen molar-refractivity contribution in [1.29, 1.82) is 0 Å². The zero-order valence-corrected chi connectivity index (χ0v) is 17.6. The Hall–Kier alpha value is -3.68. The fourth-order valence-corrected chi connectivity index (χ4v) is 3.33. The van der Waals surface area contributed by atoms with Crippen LogP contribution in [0.3, 0.4) is 0 Å². The van der Waals surface area contributed by atoms with E-state index in [0.29, 0.717) is 21.5 Å². The van der Waals surface area contributed by atoms with Crippen molar-refractivity contribution in [1.82, 2.24) is 19.8 Å². The zero-order chi connectivity index (χ0) is 22.0. The van der Waals surface area contributed by atoms with E-state index >= 15 is 0 Å². The fourth-order valence-electron chi connectivity index (χ4n) is 3.20. The molecule has 2 heterocycles. The number of hydroxylamine groups is 2. The Balaban J connectivity index is 1.90. The lowest BCUT2D eigenvalue weighted by molar-refractivity contribution is -0.0374. The van der Waals surface area contributed by atoms with Crippen LogP contribution in [0.5, 0.6) is 5.75 Å². The number of methoxy groups -OCH3 is 1. The summed E-state index contributed by atoms with van der Waals surface area (Å²) < 4.78 is 7.02. The van der Waals surface area contributed by atoms with Gasteiger partial charge in [-0.15, -0.1) is 0 Å². The zero-order valence-electron chi connectivity index (χ0n) is 16.9. The van der Waals surface area contributed by atoms with Crippen molar-refractivity contribution in [3.05, 3.63) is 83.5 Å². The molecule has 8 heteroatoms. The second kappa shape index (κ2) is 8.59. The van der Waals surface area contributed by atoms with Crippen LogP contribution in [0.4, 0.5) is 0 Å². The summed E-state index contributed by atoms with van der Waals surface area (Å²) in [5.74, 6) is 0.155. The van der Waals surface area contributed by atoms with Crippen LogP contribution in [0.1, 0.15) is 10.4 Å². The summed E-state index contributed by atoms with van der Waals surface area (Å²) in [5, 5.41) is 15.5. The first kappa shape index (κ1) is 20.6. The SMILES string of the molecule is COc1ccc(-n2nc(-c3ncccc3C(=O)N(C)O)cc2-c2ccc(Cl)cc2)cc1. The standard InChI is InChI=1S/C23H19ClN4O3/c1-27(30)23(29)19-4-3-13-25-22(19)20-14-21(15-5-7-16(24)8-6-15)28(26-20)17-9-11-18(31-2)12-10-17/h3-14,30H,1-2H3. The molecular weight excluding hydrogens is 416 g/mol. The third-order valence-electron chi connectivity index (χ3n) is 4.74. The molecule has 0 aliphatic carbocycles. The smallest absolute Gasteiger partial charge is 0.279 e. The van der Waals surface area contributed by atoms with E-state index < -0.39 is 5.91 Å². The number of pyridine rings is 1. The van der Waals surface area contributed by atoms with E-state index in [9.17, 15) is 10.0 Å². The van der Waals surface area contributed by atoms with E-state index in [1.165, 1.54) is 7.05 Å². The number of aromatic nitrogens is 3. The van der Waals surface area contributed by atoms with E-state index in [1.807, 2.05) is 42.5 Å². The number of nitrogens with zero attached hydrogens (tertiary/aromatic N) is 4. The van der Waals surface area contributed by atoms with Gasteiger partial charge >= 0.3 is 0 Å². The van der Waals surface area contributed by atoms with Crippen LogP contribution >= 0.6 is 11.6 Å². The van der Waals surface area contributed by atoms with Crippen LogP contribution in [0.25, 0.3) is 28.3 Å². The Labute approximate surface area is 184 Å². The molecule has 2 aromatic carbocycles. The first-order valence-electron chi connectivity index (χ1n) is 9.40. The molecule has 156 valence electrons. The topological polar surface area (TPSA) is 80.5 Å². The minimum absolute atomic E-state index is 0.245. The summed E-state index contributed by atoms with van der Waals surface area (Å²) in [6.45, 7) is 0. The Bertz CT molecular complexity index is 1220. The molecule has 0 saturated carbocycles. The molecule has 2 aromatic heterocycles. The number of ether oxygens (including phenoxy) is 1. The van der Waals surface area contributed by atoms with Gasteiger partial charge in [-0.25, -0.2) is 9.75 Å². The highest BCUT2D eigenvalue weighted by Crippen LogP contribution is 2.31. The van der Waals surface area contributed by atoms with Crippen molar-refractivity contribution in [3.8, 4) is 34.1 Å². The van der Waals surface area contributed by atoms with Crippen LogP contribution in [-0.2, 0) is 0 Å². The summed E-state index contributed by atoms with van der Waals surface area (Å²) >= 11 is 6.06. The summed E-state index contributed by atoms with van der Waals surface area (Å²) in [5.41, 5.74) is 3.59. The number of hydrogen-bond acceptors (Lipinski definition) is 5. The van der Waals surface area contributed by atoms with Gasteiger partial charge in [-0.3, -0.25) is 15.0 Å². The van der Waals surface area contributed by atoms with Crippen LogP contribution in [0.2, 0.25) is 5.02 Å². The molecule has 4 aromatic rings. The number of carbonyl (C=O) groups is 1. The molecule has 0 radical (unpaired) electrons. The molecule has 0 saturated heterocycles. The molecule has 0 aliphatic rings. The molecule has 1 amide bonds. The molecule has 4 rings (SSSR count). The van der Waals surface area contributed by atoms with Gasteiger partial charge in [-0.1, -0.05) is 23.7 Å². The Morgan fingerprint density at radius 3 is 2.45 bits per heavy atom. The van der Waals surface area contributed by atoms with Gasteiger partial charge in [-0.05, 0) is 54.6 Å². The molecule has 0 fully saturated rings. The molecule has 0 bridgehead atoms. The summed E-state index contributed by atoms with van der Waals surface area (Å²) in [4.78, 5) is 16.8. The minimum atomic E-state index is -0.574. The average molecular weight is 435 g/mol. The largest absolute Gasteiger partial charge is 0.497 e. The lowest BCUT2D eigenvalue weighted by Gasteiger charge is -2.10. The number of carbonyl (C=O) groups excluding carboxylic acids is 1. The molecule has 31 heavy (non-hydrogen) atoms. The predicted octanol–water partition coefficient (Wildman–Crippen LogP) is 4.72. The van der Waals surface area contributed by atoms with Crippen molar-refractivity contribution in [2.75, 3.05) is 14.2 Å². The number of rotatable bonds is 5. The lowest BCUT2D eigenvalue weighted by atomic mass is 10.1. The van der Waals surface area contributed by atoms with Crippen LogP contribution in [0.15, 0.2) is 72.9 Å². The van der Waals surface area contributed by atoms with Gasteiger partial charge in [0.15, 0.2) is 0 Å². The van der Waals surface area contributed by atoms with Crippen molar-refractivity contribution >= 4 is 17.5 Å². The first-order valence-corrected chi connectivity index (χ1v) is 9.78. The highest BCUT2D eigenvalue weighted by molar-refractivity contribution is 6.30. The second-order valence-corrected chi connectivity index (χ2v) is 7.20.